The van der Waals surface area contributed by atoms with Crippen LogP contribution in [0.3, 0.4) is 0 Å². The van der Waals surface area contributed by atoms with Crippen LogP contribution in [-0.4, -0.2) is 30.2 Å². The molecule has 2 aromatic rings. The van der Waals surface area contributed by atoms with E-state index in [1.807, 2.05) is 23.1 Å². The molecule has 0 unspecified atom stereocenters. The van der Waals surface area contributed by atoms with E-state index in [0.717, 1.165) is 17.7 Å². The molecule has 3 nitrogen and oxygen atoms in total. The molecule has 2 saturated carbocycles. The fraction of sp³-hybridized carbons (Fsp3) is 0.469. The van der Waals surface area contributed by atoms with Crippen LogP contribution >= 0.6 is 11.8 Å². The van der Waals surface area contributed by atoms with Crippen LogP contribution in [0.15, 0.2) is 77.7 Å². The monoisotopic (exact) mass is 497 g/mol. The number of thioether (sulfide) groups is 1. The number of benzene rings is 2. The van der Waals surface area contributed by atoms with Crippen LogP contribution in [0.5, 0.6) is 0 Å². The number of fused-ring (bicyclic) bond motifs is 2. The van der Waals surface area contributed by atoms with E-state index in [1.165, 1.54) is 18.4 Å². The summed E-state index contributed by atoms with van der Waals surface area (Å²) in [4.78, 5) is 17.6. The third kappa shape index (κ3) is 3.15. The lowest BCUT2D eigenvalue weighted by molar-refractivity contribution is -0.144. The molecule has 2 bridgehead atoms. The minimum absolute atomic E-state index is 0.00481. The van der Waals surface area contributed by atoms with Gasteiger partial charge in [-0.2, -0.15) is 0 Å². The molecule has 0 radical (unpaired) electrons. The average molecular weight is 498 g/mol. The first-order chi connectivity index (χ1) is 17.6. The maximum atomic E-state index is 14.4. The number of allylic oxidation sites excluding steroid dienone is 2. The van der Waals surface area contributed by atoms with Crippen LogP contribution in [0, 0.1) is 33.8 Å². The number of hydrogen-bond acceptors (Lipinski definition) is 3. The predicted octanol–water partition coefficient (Wildman–Crippen LogP) is 6.66. The summed E-state index contributed by atoms with van der Waals surface area (Å²) in [6.45, 7) is 5.77. The van der Waals surface area contributed by atoms with E-state index < -0.39 is 0 Å². The highest BCUT2D eigenvalue weighted by Crippen LogP contribution is 2.80. The van der Waals surface area contributed by atoms with Crippen molar-refractivity contribution in [3.63, 3.8) is 0 Å². The summed E-state index contributed by atoms with van der Waals surface area (Å²) < 4.78 is 6.47. The molecule has 6 atom stereocenters. The fourth-order valence-corrected chi connectivity index (χ4v) is 8.97. The molecule has 4 heteroatoms. The van der Waals surface area contributed by atoms with Crippen molar-refractivity contribution in [2.45, 2.75) is 62.5 Å². The lowest BCUT2D eigenvalue weighted by atomic mass is 9.52. The van der Waals surface area contributed by atoms with Crippen molar-refractivity contribution in [1.82, 2.24) is 4.90 Å². The third-order valence-corrected chi connectivity index (χ3v) is 10.5. The van der Waals surface area contributed by atoms with Crippen molar-refractivity contribution in [1.29, 1.82) is 0 Å². The van der Waals surface area contributed by atoms with Crippen LogP contribution in [0.4, 0.5) is 0 Å². The molecule has 0 N–H and O–H groups in total. The van der Waals surface area contributed by atoms with Crippen LogP contribution in [-0.2, 0) is 14.9 Å². The van der Waals surface area contributed by atoms with Gasteiger partial charge in [-0.1, -0.05) is 86.4 Å². The Kier molecular flexibility index (Phi) is 6.05. The number of carbonyl (C=O) groups excluding carboxylic acids is 1. The van der Waals surface area contributed by atoms with Gasteiger partial charge in [-0.15, -0.1) is 0 Å². The highest BCUT2D eigenvalue weighted by molar-refractivity contribution is 8.03. The van der Waals surface area contributed by atoms with Gasteiger partial charge in [-0.25, -0.2) is 0 Å². The topological polar surface area (TPSA) is 29.5 Å². The Morgan fingerprint density at radius 3 is 2.50 bits per heavy atom. The van der Waals surface area contributed by atoms with Gasteiger partial charge < -0.3 is 9.64 Å². The number of rotatable bonds is 6. The van der Waals surface area contributed by atoms with Gasteiger partial charge in [-0.05, 0) is 59.9 Å². The Morgan fingerprint density at radius 2 is 1.75 bits per heavy atom. The van der Waals surface area contributed by atoms with E-state index in [1.54, 1.807) is 11.8 Å². The molecule has 36 heavy (non-hydrogen) atoms. The van der Waals surface area contributed by atoms with Crippen molar-refractivity contribution >= 4 is 17.7 Å². The molecule has 1 aliphatic heterocycles. The number of hydrogen-bond donors (Lipinski definition) is 0. The smallest absolute Gasteiger partial charge is 0.229 e. The molecule has 186 valence electrons. The molecule has 0 spiro atoms. The van der Waals surface area contributed by atoms with Gasteiger partial charge in [0, 0.05) is 41.2 Å². The lowest BCUT2D eigenvalue weighted by Crippen LogP contribution is -2.51. The van der Waals surface area contributed by atoms with Gasteiger partial charge in [0.25, 0.3) is 0 Å². The van der Waals surface area contributed by atoms with E-state index in [4.69, 9.17) is 4.74 Å². The lowest BCUT2D eigenvalue weighted by Gasteiger charge is -2.52. The molecular weight excluding hydrogens is 462 g/mol. The summed E-state index contributed by atoms with van der Waals surface area (Å²) >= 11 is 1.55. The fourth-order valence-electron chi connectivity index (χ4n) is 8.39. The van der Waals surface area contributed by atoms with Crippen LogP contribution in [0.2, 0.25) is 0 Å². The van der Waals surface area contributed by atoms with Crippen molar-refractivity contribution in [2.24, 2.45) is 22.7 Å². The first kappa shape index (κ1) is 23.9. The molecule has 1 amide bonds. The zero-order valence-electron chi connectivity index (χ0n) is 21.3. The van der Waals surface area contributed by atoms with Crippen molar-refractivity contribution < 1.29 is 9.53 Å². The molecule has 1 heterocycles. The summed E-state index contributed by atoms with van der Waals surface area (Å²) in [6, 6.07) is 21.1. The second-order valence-electron chi connectivity index (χ2n) is 11.0. The SMILES string of the molecule is CCO[C@H]1[C@H]2[C@@H](C(=O)N1CCC#CSc1ccccc1)[C@]1(c3ccccc3)C=C[C@@]23CCCC[C@@]31C. The first-order valence-corrected chi connectivity index (χ1v) is 14.3. The van der Waals surface area contributed by atoms with Gasteiger partial charge in [-0.3, -0.25) is 4.79 Å². The Morgan fingerprint density at radius 1 is 1.03 bits per heavy atom. The second kappa shape index (κ2) is 9.12. The van der Waals surface area contributed by atoms with E-state index in [0.29, 0.717) is 19.6 Å². The number of carbonyl (C=O) groups is 1. The normalized spacial score (nSPS) is 35.9. The summed E-state index contributed by atoms with van der Waals surface area (Å²) in [5.74, 6) is 3.68. The standard InChI is InChI=1S/C32H35NO2S/c1-3-35-29-27-26(28(34)33(29)22-12-13-23-36-25-16-8-5-9-17-25)32(24-14-6-4-7-15-24)21-20-31(27)19-11-10-18-30(31,32)2/h4-9,14-17,20-21,26-27,29H,3,10-12,18-19,22H2,1-2H3/t26-,27+,29-,30-,31-,32+/m0/s1. The summed E-state index contributed by atoms with van der Waals surface area (Å²) in [7, 11) is 0. The second-order valence-corrected chi connectivity index (χ2v) is 11.9. The highest BCUT2D eigenvalue weighted by atomic mass is 32.2. The highest BCUT2D eigenvalue weighted by Gasteiger charge is 2.81. The number of amides is 1. The number of likely N-dealkylation sites (tertiary alicyclic amines) is 1. The van der Waals surface area contributed by atoms with E-state index >= 15 is 0 Å². The molecule has 6 rings (SSSR count). The molecule has 3 aliphatic carbocycles. The van der Waals surface area contributed by atoms with Gasteiger partial charge in [0.15, 0.2) is 0 Å². The van der Waals surface area contributed by atoms with Crippen molar-refractivity contribution in [2.75, 3.05) is 13.2 Å². The zero-order valence-corrected chi connectivity index (χ0v) is 22.1. The minimum atomic E-state index is -0.268. The summed E-state index contributed by atoms with van der Waals surface area (Å²) in [5, 5.41) is 3.23. The summed E-state index contributed by atoms with van der Waals surface area (Å²) in [6.07, 6.45) is 10.2. The Balaban J connectivity index is 1.33. The van der Waals surface area contributed by atoms with Crippen molar-refractivity contribution in [3.05, 3.63) is 78.4 Å². The van der Waals surface area contributed by atoms with Gasteiger partial charge in [0.2, 0.25) is 5.91 Å². The van der Waals surface area contributed by atoms with E-state index in [-0.39, 0.29) is 40.2 Å². The molecular formula is C32H35NO2S. The predicted molar refractivity (Wildman–Crippen MR) is 145 cm³/mol. The molecule has 1 saturated heterocycles. The Hall–Kier alpha value is -2.48. The van der Waals surface area contributed by atoms with Crippen LogP contribution in [0.1, 0.15) is 51.5 Å². The first-order valence-electron chi connectivity index (χ1n) is 13.5. The molecule has 4 aliphatic rings. The zero-order chi connectivity index (χ0) is 24.8. The average Bonchev–Trinajstić information content (AvgIpc) is 3.43. The van der Waals surface area contributed by atoms with E-state index in [2.05, 4.69) is 79.6 Å². The molecule has 0 aromatic heterocycles. The molecule has 2 aromatic carbocycles. The van der Waals surface area contributed by atoms with Crippen LogP contribution < -0.4 is 0 Å². The van der Waals surface area contributed by atoms with Gasteiger partial charge in [0.05, 0.1) is 5.92 Å². The summed E-state index contributed by atoms with van der Waals surface area (Å²) in [5.41, 5.74) is 1.07. The minimum Gasteiger partial charge on any atom is -0.358 e. The van der Waals surface area contributed by atoms with Crippen molar-refractivity contribution in [3.8, 4) is 11.2 Å². The van der Waals surface area contributed by atoms with Crippen LogP contribution in [0.25, 0.3) is 0 Å². The van der Waals surface area contributed by atoms with Gasteiger partial charge >= 0.3 is 0 Å². The Labute approximate surface area is 219 Å². The largest absolute Gasteiger partial charge is 0.358 e. The number of ether oxygens (including phenoxy) is 1. The Bertz CT molecular complexity index is 1220. The third-order valence-electron chi connectivity index (χ3n) is 9.76. The number of nitrogens with zero attached hydrogens (tertiary/aromatic N) is 1. The maximum Gasteiger partial charge on any atom is 0.229 e. The maximum absolute atomic E-state index is 14.4. The quantitative estimate of drug-likeness (QED) is 0.254. The van der Waals surface area contributed by atoms with E-state index in [9.17, 15) is 4.79 Å². The van der Waals surface area contributed by atoms with Gasteiger partial charge in [0.1, 0.15) is 6.23 Å². The molecule has 3 fully saturated rings.